The lowest BCUT2D eigenvalue weighted by Crippen LogP contribution is -2.45. The van der Waals surface area contributed by atoms with Crippen LogP contribution < -0.4 is 20.4 Å². The predicted octanol–water partition coefficient (Wildman–Crippen LogP) is 5.92. The number of fused-ring (bicyclic) bond motifs is 1. The normalized spacial score (nSPS) is 14.8. The number of nitrogens with one attached hydrogen (secondary N) is 2. The van der Waals surface area contributed by atoms with E-state index in [1.54, 1.807) is 25.5 Å². The van der Waals surface area contributed by atoms with Crippen molar-refractivity contribution in [2.75, 3.05) is 23.9 Å². The van der Waals surface area contributed by atoms with Gasteiger partial charge >= 0.3 is 6.03 Å². The van der Waals surface area contributed by atoms with Crippen LogP contribution in [0.2, 0.25) is 5.02 Å². The van der Waals surface area contributed by atoms with Crippen molar-refractivity contribution in [2.24, 2.45) is 5.10 Å². The summed E-state index contributed by atoms with van der Waals surface area (Å²) < 4.78 is 5.23. The molecule has 164 valence electrons. The van der Waals surface area contributed by atoms with Gasteiger partial charge in [0.25, 0.3) is 0 Å². The molecule has 1 aliphatic heterocycles. The summed E-state index contributed by atoms with van der Waals surface area (Å²) in [6.45, 7) is 9.65. The molecule has 0 aromatic heterocycles. The summed E-state index contributed by atoms with van der Waals surface area (Å²) >= 11 is 6.57. The van der Waals surface area contributed by atoms with Crippen molar-refractivity contribution in [3.05, 3.63) is 58.6 Å². The summed E-state index contributed by atoms with van der Waals surface area (Å²) in [5.41, 5.74) is 7.13. The minimum atomic E-state index is -0.471. The van der Waals surface area contributed by atoms with Gasteiger partial charge < -0.3 is 15.0 Å². The number of hydrazone groups is 1. The molecule has 2 N–H and O–H groups in total. The molecule has 0 atom stereocenters. The van der Waals surface area contributed by atoms with E-state index < -0.39 is 6.03 Å². The summed E-state index contributed by atoms with van der Waals surface area (Å²) in [4.78, 5) is 14.6. The number of amides is 2. The lowest BCUT2D eigenvalue weighted by Gasteiger charge is -2.43. The maximum absolute atomic E-state index is 12.2. The third-order valence-corrected chi connectivity index (χ3v) is 5.60. The molecule has 31 heavy (non-hydrogen) atoms. The van der Waals surface area contributed by atoms with Gasteiger partial charge in [0.2, 0.25) is 0 Å². The summed E-state index contributed by atoms with van der Waals surface area (Å²) in [5, 5.41) is 7.36. The smallest absolute Gasteiger partial charge is 0.339 e. The molecule has 0 radical (unpaired) electrons. The monoisotopic (exact) mass is 440 g/mol. The molecule has 2 amide bonds. The number of nitrogens with zero attached hydrogens (tertiary/aromatic N) is 2. The fourth-order valence-corrected chi connectivity index (χ4v) is 4.11. The zero-order valence-corrected chi connectivity index (χ0v) is 19.4. The SMILES string of the molecule is CCCN1c2cc(Cl)c(/C=N/NC(=O)Nc3ccccc3OC)cc2C(C)=CC1(C)C. The first-order valence-electron chi connectivity index (χ1n) is 10.3. The van der Waals surface area contributed by atoms with Crippen molar-refractivity contribution in [3.63, 3.8) is 0 Å². The van der Waals surface area contributed by atoms with Crippen LogP contribution in [-0.4, -0.2) is 31.4 Å². The Bertz CT molecular complexity index is 1030. The minimum Gasteiger partial charge on any atom is -0.495 e. The Kier molecular flexibility index (Phi) is 6.91. The van der Waals surface area contributed by atoms with Crippen LogP contribution in [0.15, 0.2) is 47.6 Å². The Morgan fingerprint density at radius 1 is 1.29 bits per heavy atom. The van der Waals surface area contributed by atoms with Crippen LogP contribution in [0, 0.1) is 0 Å². The van der Waals surface area contributed by atoms with Gasteiger partial charge in [-0.3, -0.25) is 0 Å². The van der Waals surface area contributed by atoms with Gasteiger partial charge in [0, 0.05) is 23.4 Å². The second-order valence-electron chi connectivity index (χ2n) is 8.05. The zero-order chi connectivity index (χ0) is 22.6. The molecule has 6 nitrogen and oxygen atoms in total. The van der Waals surface area contributed by atoms with Crippen LogP contribution in [-0.2, 0) is 0 Å². The Balaban J connectivity index is 1.78. The number of allylic oxidation sites excluding steroid dienone is 1. The fourth-order valence-electron chi connectivity index (χ4n) is 3.90. The number of carbonyl (C=O) groups is 1. The lowest BCUT2D eigenvalue weighted by molar-refractivity contribution is 0.252. The third kappa shape index (κ3) is 5.02. The first kappa shape index (κ1) is 22.7. The number of benzene rings is 2. The highest BCUT2D eigenvalue weighted by Crippen LogP contribution is 2.41. The van der Waals surface area contributed by atoms with Crippen molar-refractivity contribution in [2.45, 2.75) is 39.7 Å². The molecule has 1 heterocycles. The van der Waals surface area contributed by atoms with E-state index in [1.807, 2.05) is 24.3 Å². The van der Waals surface area contributed by atoms with Crippen LogP contribution in [0.4, 0.5) is 16.2 Å². The quantitative estimate of drug-likeness (QED) is 0.433. The predicted molar refractivity (Wildman–Crippen MR) is 130 cm³/mol. The Morgan fingerprint density at radius 3 is 2.74 bits per heavy atom. The van der Waals surface area contributed by atoms with E-state index in [0.717, 1.165) is 29.8 Å². The molecule has 0 saturated heterocycles. The van der Waals surface area contributed by atoms with E-state index in [-0.39, 0.29) is 5.54 Å². The molecule has 2 aromatic carbocycles. The van der Waals surface area contributed by atoms with Gasteiger partial charge in [-0.15, -0.1) is 0 Å². The van der Waals surface area contributed by atoms with E-state index in [1.165, 1.54) is 5.57 Å². The zero-order valence-electron chi connectivity index (χ0n) is 18.6. The van der Waals surface area contributed by atoms with Crippen LogP contribution in [0.25, 0.3) is 5.57 Å². The van der Waals surface area contributed by atoms with E-state index in [9.17, 15) is 4.79 Å². The minimum absolute atomic E-state index is 0.0792. The standard InChI is InChI=1S/C24H29ClN4O2/c1-6-11-29-21-13-19(25)17(12-18(21)16(2)14-24(29,3)4)15-26-28-23(30)27-20-9-7-8-10-22(20)31-5/h7-10,12-15H,6,11H2,1-5H3,(H2,27,28,30)/b26-15+. The highest BCUT2D eigenvalue weighted by atomic mass is 35.5. The molecule has 0 saturated carbocycles. The number of hydrogen-bond donors (Lipinski definition) is 2. The van der Waals surface area contributed by atoms with E-state index in [2.05, 4.69) is 54.5 Å². The molecule has 2 aromatic rings. The number of anilines is 2. The summed E-state index contributed by atoms with van der Waals surface area (Å²) in [6.07, 6.45) is 4.88. The molecule has 3 rings (SSSR count). The molecule has 0 aliphatic carbocycles. The van der Waals surface area contributed by atoms with Gasteiger partial charge in [-0.1, -0.05) is 36.7 Å². The highest BCUT2D eigenvalue weighted by Gasteiger charge is 2.31. The Morgan fingerprint density at radius 2 is 2.03 bits per heavy atom. The van der Waals surface area contributed by atoms with Gasteiger partial charge in [-0.05, 0) is 57.0 Å². The second kappa shape index (κ2) is 9.43. The molecule has 1 aliphatic rings. The van der Waals surface area contributed by atoms with Crippen molar-refractivity contribution in [3.8, 4) is 5.75 Å². The number of urea groups is 1. The summed E-state index contributed by atoms with van der Waals surface area (Å²) in [6, 6.07) is 10.7. The molecular weight excluding hydrogens is 412 g/mol. The average Bonchev–Trinajstić information content (AvgIpc) is 2.72. The molecule has 0 fully saturated rings. The van der Waals surface area contributed by atoms with E-state index >= 15 is 0 Å². The maximum Gasteiger partial charge on any atom is 0.339 e. The number of carbonyl (C=O) groups excluding carboxylic acids is 1. The van der Waals surface area contributed by atoms with Gasteiger partial charge in [0.1, 0.15) is 5.75 Å². The van der Waals surface area contributed by atoms with E-state index in [0.29, 0.717) is 16.5 Å². The van der Waals surface area contributed by atoms with Gasteiger partial charge in [0.15, 0.2) is 0 Å². The van der Waals surface area contributed by atoms with Crippen molar-refractivity contribution in [1.29, 1.82) is 0 Å². The van der Waals surface area contributed by atoms with Crippen LogP contribution in [0.5, 0.6) is 5.75 Å². The molecular formula is C24H29ClN4O2. The molecule has 0 unspecified atom stereocenters. The molecule has 0 bridgehead atoms. The van der Waals surface area contributed by atoms with E-state index in [4.69, 9.17) is 16.3 Å². The maximum atomic E-state index is 12.2. The average molecular weight is 441 g/mol. The number of ether oxygens (including phenoxy) is 1. The first-order chi connectivity index (χ1) is 14.8. The second-order valence-corrected chi connectivity index (χ2v) is 8.46. The number of rotatable bonds is 6. The number of methoxy groups -OCH3 is 1. The largest absolute Gasteiger partial charge is 0.495 e. The molecule has 7 heteroatoms. The van der Waals surface area contributed by atoms with Gasteiger partial charge in [0.05, 0.1) is 29.6 Å². The summed E-state index contributed by atoms with van der Waals surface area (Å²) in [5.74, 6) is 0.571. The van der Waals surface area contributed by atoms with Gasteiger partial charge in [-0.25, -0.2) is 10.2 Å². The highest BCUT2D eigenvalue weighted by molar-refractivity contribution is 6.33. The topological polar surface area (TPSA) is 66.0 Å². The number of halogens is 1. The fraction of sp³-hybridized carbons (Fsp3) is 0.333. The molecule has 0 spiro atoms. The first-order valence-corrected chi connectivity index (χ1v) is 10.7. The van der Waals surface area contributed by atoms with Crippen molar-refractivity contribution < 1.29 is 9.53 Å². The third-order valence-electron chi connectivity index (χ3n) is 5.27. The van der Waals surface area contributed by atoms with Crippen LogP contribution in [0.1, 0.15) is 45.2 Å². The van der Waals surface area contributed by atoms with Crippen molar-refractivity contribution in [1.82, 2.24) is 5.43 Å². The van der Waals surface area contributed by atoms with Gasteiger partial charge in [-0.2, -0.15) is 5.10 Å². The Hall–Kier alpha value is -2.99. The number of para-hydroxylation sites is 2. The van der Waals surface area contributed by atoms with Crippen LogP contribution >= 0.6 is 11.6 Å². The lowest BCUT2D eigenvalue weighted by atomic mass is 9.88. The Labute approximate surface area is 188 Å². The van der Waals surface area contributed by atoms with Crippen molar-refractivity contribution >= 4 is 40.8 Å². The van der Waals surface area contributed by atoms with Crippen LogP contribution in [0.3, 0.4) is 0 Å². The summed E-state index contributed by atoms with van der Waals surface area (Å²) in [7, 11) is 1.55. The number of hydrogen-bond acceptors (Lipinski definition) is 4.